The molecule has 0 aliphatic rings. The maximum atomic E-state index is 11.9. The van der Waals surface area contributed by atoms with Crippen molar-refractivity contribution >= 4 is 14.0 Å². The molecule has 10 heteroatoms. The lowest BCUT2D eigenvalue weighted by Gasteiger charge is -2.28. The number of phosphoric acid groups is 1. The average molecular weight is 512 g/mol. The smallest absolute Gasteiger partial charge is 0.508 e. The summed E-state index contributed by atoms with van der Waals surface area (Å²) in [5.41, 5.74) is 0. The van der Waals surface area contributed by atoms with E-state index in [9.17, 15) is 14.3 Å². The highest BCUT2D eigenvalue weighted by Crippen LogP contribution is 2.38. The molecule has 0 heterocycles. The number of methoxy groups -OCH3 is 1. The standard InChI is InChI=1S/C24H50NO8P/c1-6-7-8-9-10-11-12-13-14-15-16-17-19-30-21-23(33-24(26)29-5)22-32-34(27,28)31-20-18-25(2,3)4/h23H,6-22H2,1-5H3. The van der Waals surface area contributed by atoms with E-state index in [4.69, 9.17) is 18.5 Å². The molecular formula is C24H50NO8P. The monoisotopic (exact) mass is 511 g/mol. The lowest BCUT2D eigenvalue weighted by Crippen LogP contribution is -2.37. The second-order valence-electron chi connectivity index (χ2n) is 9.75. The predicted octanol–water partition coefficient (Wildman–Crippen LogP) is 5.06. The third-order valence-corrected chi connectivity index (χ3v) is 6.27. The molecule has 0 spiro atoms. The van der Waals surface area contributed by atoms with Gasteiger partial charge in [0, 0.05) is 6.61 Å². The van der Waals surface area contributed by atoms with Crippen molar-refractivity contribution < 1.29 is 42.0 Å². The normalized spacial score (nSPS) is 14.5. The van der Waals surface area contributed by atoms with Gasteiger partial charge < -0.3 is 32.6 Å². The van der Waals surface area contributed by atoms with Crippen LogP contribution in [0.15, 0.2) is 0 Å². The van der Waals surface area contributed by atoms with Gasteiger partial charge in [-0.25, -0.2) is 4.79 Å². The molecule has 0 aromatic rings. The number of rotatable bonds is 23. The molecule has 0 N–H and O–H groups in total. The Morgan fingerprint density at radius 1 is 0.824 bits per heavy atom. The lowest BCUT2D eigenvalue weighted by molar-refractivity contribution is -0.870. The van der Waals surface area contributed by atoms with Crippen LogP contribution in [-0.2, 0) is 27.8 Å². The largest absolute Gasteiger partial charge is 0.756 e. The molecule has 2 atom stereocenters. The van der Waals surface area contributed by atoms with E-state index in [2.05, 4.69) is 11.7 Å². The number of hydrogen-bond donors (Lipinski definition) is 0. The minimum Gasteiger partial charge on any atom is -0.756 e. The number of ether oxygens (including phenoxy) is 3. The minimum absolute atomic E-state index is 0.00224. The minimum atomic E-state index is -4.51. The molecule has 0 saturated carbocycles. The highest BCUT2D eigenvalue weighted by Gasteiger charge is 2.20. The van der Waals surface area contributed by atoms with E-state index < -0.39 is 26.7 Å². The van der Waals surface area contributed by atoms with Gasteiger partial charge in [-0.1, -0.05) is 77.6 Å². The average Bonchev–Trinajstić information content (AvgIpc) is 2.76. The van der Waals surface area contributed by atoms with Crippen molar-refractivity contribution in [1.82, 2.24) is 0 Å². The van der Waals surface area contributed by atoms with Crippen LogP contribution in [0.1, 0.15) is 84.0 Å². The molecule has 0 fully saturated rings. The van der Waals surface area contributed by atoms with Crippen LogP contribution in [0.3, 0.4) is 0 Å². The summed E-state index contributed by atoms with van der Waals surface area (Å²) in [4.78, 5) is 23.4. The zero-order valence-corrected chi connectivity index (χ0v) is 23.2. The van der Waals surface area contributed by atoms with E-state index in [1.165, 1.54) is 71.3 Å². The highest BCUT2D eigenvalue weighted by atomic mass is 31.2. The molecule has 0 bridgehead atoms. The van der Waals surface area contributed by atoms with Crippen molar-refractivity contribution in [3.63, 3.8) is 0 Å². The van der Waals surface area contributed by atoms with E-state index in [0.29, 0.717) is 17.6 Å². The molecule has 34 heavy (non-hydrogen) atoms. The summed E-state index contributed by atoms with van der Waals surface area (Å²) in [6, 6.07) is 0. The third-order valence-electron chi connectivity index (χ3n) is 5.31. The summed E-state index contributed by atoms with van der Waals surface area (Å²) in [5.74, 6) is 0. The summed E-state index contributed by atoms with van der Waals surface area (Å²) in [6.07, 6.45) is 13.3. The molecule has 0 aromatic heterocycles. The number of nitrogens with zero attached hydrogens (tertiary/aromatic N) is 1. The molecule has 0 amide bonds. The Morgan fingerprint density at radius 3 is 1.85 bits per heavy atom. The molecule has 2 unspecified atom stereocenters. The molecule has 0 radical (unpaired) electrons. The first-order valence-corrected chi connectivity index (χ1v) is 14.3. The maximum absolute atomic E-state index is 11.9. The van der Waals surface area contributed by atoms with Gasteiger partial charge in [-0.2, -0.15) is 0 Å². The Hall–Kier alpha value is -0.700. The topological polar surface area (TPSA) is 103 Å². The molecular weight excluding hydrogens is 461 g/mol. The van der Waals surface area contributed by atoms with Crippen LogP contribution in [0.4, 0.5) is 4.79 Å². The van der Waals surface area contributed by atoms with E-state index in [1.807, 2.05) is 21.1 Å². The zero-order chi connectivity index (χ0) is 25.7. The van der Waals surface area contributed by atoms with Crippen LogP contribution < -0.4 is 4.89 Å². The molecule has 9 nitrogen and oxygen atoms in total. The molecule has 0 rings (SSSR count). The van der Waals surface area contributed by atoms with Crippen LogP contribution >= 0.6 is 7.82 Å². The van der Waals surface area contributed by atoms with Gasteiger partial charge in [0.2, 0.25) is 0 Å². The number of carbonyl (C=O) groups is 1. The maximum Gasteiger partial charge on any atom is 0.508 e. The Bertz CT molecular complexity index is 542. The summed E-state index contributed by atoms with van der Waals surface area (Å²) in [5, 5.41) is 0. The fourth-order valence-corrected chi connectivity index (χ4v) is 3.93. The van der Waals surface area contributed by atoms with Crippen molar-refractivity contribution in [3.8, 4) is 0 Å². The Labute approximate surface area is 207 Å². The predicted molar refractivity (Wildman–Crippen MR) is 132 cm³/mol. The van der Waals surface area contributed by atoms with Gasteiger partial charge in [0.05, 0.1) is 41.5 Å². The highest BCUT2D eigenvalue weighted by molar-refractivity contribution is 7.45. The Balaban J connectivity index is 3.96. The van der Waals surface area contributed by atoms with Crippen molar-refractivity contribution in [1.29, 1.82) is 0 Å². The Morgan fingerprint density at radius 2 is 1.35 bits per heavy atom. The first-order valence-electron chi connectivity index (χ1n) is 12.8. The summed E-state index contributed by atoms with van der Waals surface area (Å²) < 4.78 is 37.3. The third kappa shape index (κ3) is 23.1. The number of unbranched alkanes of at least 4 members (excludes halogenated alkanes) is 11. The second kappa shape index (κ2) is 20.5. The SMILES string of the molecule is CCCCCCCCCCCCCCOCC(COP(=O)([O-])OCC[N+](C)(C)C)OC(=O)OC. The number of likely N-dealkylation sites (N-methyl/N-ethyl adjacent to an activating group) is 1. The van der Waals surface area contributed by atoms with Crippen LogP contribution in [0, 0.1) is 0 Å². The summed E-state index contributed by atoms with van der Waals surface area (Å²) in [6.45, 7) is 2.88. The van der Waals surface area contributed by atoms with Gasteiger partial charge in [-0.3, -0.25) is 4.57 Å². The van der Waals surface area contributed by atoms with Gasteiger partial charge in [0.1, 0.15) is 13.2 Å². The van der Waals surface area contributed by atoms with E-state index in [-0.39, 0.29) is 13.2 Å². The van der Waals surface area contributed by atoms with Crippen molar-refractivity contribution in [2.75, 3.05) is 61.2 Å². The Kier molecular flexibility index (Phi) is 20.1. The molecule has 0 saturated heterocycles. The van der Waals surface area contributed by atoms with Crippen molar-refractivity contribution in [2.45, 2.75) is 90.1 Å². The van der Waals surface area contributed by atoms with Gasteiger partial charge in [0.15, 0.2) is 6.10 Å². The first-order chi connectivity index (χ1) is 16.1. The van der Waals surface area contributed by atoms with Gasteiger partial charge in [0.25, 0.3) is 7.82 Å². The van der Waals surface area contributed by atoms with Crippen LogP contribution in [0.2, 0.25) is 0 Å². The van der Waals surface area contributed by atoms with Crippen LogP contribution in [0.5, 0.6) is 0 Å². The number of hydrogen-bond acceptors (Lipinski definition) is 8. The van der Waals surface area contributed by atoms with Crippen LogP contribution in [0.25, 0.3) is 0 Å². The van der Waals surface area contributed by atoms with Crippen molar-refractivity contribution in [2.24, 2.45) is 0 Å². The van der Waals surface area contributed by atoms with E-state index in [0.717, 1.165) is 12.8 Å². The van der Waals surface area contributed by atoms with E-state index in [1.54, 1.807) is 0 Å². The molecule has 0 aliphatic carbocycles. The van der Waals surface area contributed by atoms with Gasteiger partial charge in [-0.15, -0.1) is 0 Å². The fourth-order valence-electron chi connectivity index (χ4n) is 3.20. The molecule has 0 aliphatic heterocycles. The number of quaternary nitrogens is 1. The molecule has 204 valence electrons. The fraction of sp³-hybridized carbons (Fsp3) is 0.958. The second-order valence-corrected chi connectivity index (χ2v) is 11.2. The van der Waals surface area contributed by atoms with Crippen molar-refractivity contribution in [3.05, 3.63) is 0 Å². The summed E-state index contributed by atoms with van der Waals surface area (Å²) >= 11 is 0. The quantitative estimate of drug-likeness (QED) is 0.0811. The lowest BCUT2D eigenvalue weighted by atomic mass is 10.1. The first kappa shape index (κ1) is 33.3. The van der Waals surface area contributed by atoms with E-state index >= 15 is 0 Å². The number of phosphoric ester groups is 1. The summed E-state index contributed by atoms with van der Waals surface area (Å²) in [7, 11) is 2.45. The van der Waals surface area contributed by atoms with Crippen LogP contribution in [-0.4, -0.2) is 78.0 Å². The van der Waals surface area contributed by atoms with Gasteiger partial charge in [-0.05, 0) is 6.42 Å². The zero-order valence-electron chi connectivity index (χ0n) is 22.3. The molecule has 0 aromatic carbocycles. The van der Waals surface area contributed by atoms with Gasteiger partial charge >= 0.3 is 6.16 Å². The number of carbonyl (C=O) groups excluding carboxylic acids is 1.